The van der Waals surface area contributed by atoms with Crippen molar-refractivity contribution < 1.29 is 8.42 Å². The second-order valence-corrected chi connectivity index (χ2v) is 4.86. The molecular formula is C7H18N2O2S. The lowest BCUT2D eigenvalue weighted by atomic mass is 10.1. The first-order valence-electron chi connectivity index (χ1n) is 4.11. The molecule has 0 bridgehead atoms. The van der Waals surface area contributed by atoms with Gasteiger partial charge < -0.3 is 0 Å². The topological polar surface area (TPSA) is 72.2 Å². The summed E-state index contributed by atoms with van der Waals surface area (Å²) in [5.74, 6) is 0.592. The van der Waals surface area contributed by atoms with E-state index in [4.69, 9.17) is 5.14 Å². The van der Waals surface area contributed by atoms with Gasteiger partial charge in [-0.1, -0.05) is 13.8 Å². The zero-order valence-electron chi connectivity index (χ0n) is 7.87. The van der Waals surface area contributed by atoms with E-state index in [1.54, 1.807) is 0 Å². The molecule has 0 aromatic rings. The van der Waals surface area contributed by atoms with Gasteiger partial charge in [0.25, 0.3) is 10.2 Å². The monoisotopic (exact) mass is 194 g/mol. The van der Waals surface area contributed by atoms with E-state index in [-0.39, 0.29) is 6.04 Å². The summed E-state index contributed by atoms with van der Waals surface area (Å²) in [6.07, 6.45) is 1.83. The highest BCUT2D eigenvalue weighted by atomic mass is 32.2. The first-order chi connectivity index (χ1) is 5.31. The number of hydrogen-bond donors (Lipinski definition) is 2. The lowest BCUT2D eigenvalue weighted by Crippen LogP contribution is -2.37. The van der Waals surface area contributed by atoms with Gasteiger partial charge in [-0.25, -0.2) is 5.14 Å². The zero-order chi connectivity index (χ0) is 9.78. The first kappa shape index (κ1) is 11.9. The quantitative estimate of drug-likeness (QED) is 0.673. The van der Waals surface area contributed by atoms with Gasteiger partial charge in [0, 0.05) is 6.04 Å². The lowest BCUT2D eigenvalue weighted by molar-refractivity contribution is 0.486. The van der Waals surface area contributed by atoms with Crippen LogP contribution in [0.25, 0.3) is 0 Å². The molecule has 0 aliphatic carbocycles. The molecule has 0 aromatic carbocycles. The van der Waals surface area contributed by atoms with Crippen molar-refractivity contribution in [1.82, 2.24) is 4.72 Å². The molecule has 12 heavy (non-hydrogen) atoms. The average molecular weight is 194 g/mol. The van der Waals surface area contributed by atoms with Crippen LogP contribution in [0.3, 0.4) is 0 Å². The van der Waals surface area contributed by atoms with E-state index >= 15 is 0 Å². The number of nitrogens with one attached hydrogen (secondary N) is 1. The van der Waals surface area contributed by atoms with Crippen molar-refractivity contribution in [3.05, 3.63) is 0 Å². The minimum Gasteiger partial charge on any atom is -0.216 e. The highest BCUT2D eigenvalue weighted by Gasteiger charge is 2.08. The molecule has 74 valence electrons. The van der Waals surface area contributed by atoms with Crippen molar-refractivity contribution in [3.63, 3.8) is 0 Å². The fourth-order valence-electron chi connectivity index (χ4n) is 0.923. The predicted octanol–water partition coefficient (Wildman–Crippen LogP) is 0.604. The van der Waals surface area contributed by atoms with Crippen LogP contribution >= 0.6 is 0 Å². The molecule has 1 unspecified atom stereocenters. The van der Waals surface area contributed by atoms with Gasteiger partial charge in [-0.15, -0.1) is 0 Å². The summed E-state index contributed by atoms with van der Waals surface area (Å²) in [6.45, 7) is 6.01. The first-order valence-corrected chi connectivity index (χ1v) is 5.66. The highest BCUT2D eigenvalue weighted by Crippen LogP contribution is 2.06. The Hall–Kier alpha value is -0.130. The van der Waals surface area contributed by atoms with Crippen molar-refractivity contribution in [1.29, 1.82) is 0 Å². The van der Waals surface area contributed by atoms with E-state index in [9.17, 15) is 8.42 Å². The van der Waals surface area contributed by atoms with Gasteiger partial charge in [0.2, 0.25) is 0 Å². The molecular weight excluding hydrogens is 176 g/mol. The van der Waals surface area contributed by atoms with Crippen molar-refractivity contribution in [2.45, 2.75) is 39.7 Å². The van der Waals surface area contributed by atoms with E-state index in [1.807, 2.05) is 6.92 Å². The van der Waals surface area contributed by atoms with Crippen LogP contribution in [0.1, 0.15) is 33.6 Å². The van der Waals surface area contributed by atoms with Crippen LogP contribution in [0.2, 0.25) is 0 Å². The minimum absolute atomic E-state index is 0.0672. The molecule has 5 heteroatoms. The number of nitrogens with two attached hydrogens (primary N) is 1. The number of rotatable bonds is 5. The average Bonchev–Trinajstić information content (AvgIpc) is 1.79. The molecule has 0 saturated heterocycles. The van der Waals surface area contributed by atoms with E-state index in [1.165, 1.54) is 0 Å². The Morgan fingerprint density at radius 3 is 2.08 bits per heavy atom. The van der Waals surface area contributed by atoms with Gasteiger partial charge in [-0.05, 0) is 25.7 Å². The van der Waals surface area contributed by atoms with Gasteiger partial charge in [0.1, 0.15) is 0 Å². The summed E-state index contributed by atoms with van der Waals surface area (Å²) in [5.41, 5.74) is 0. The smallest absolute Gasteiger partial charge is 0.216 e. The maximum Gasteiger partial charge on any atom is 0.274 e. The van der Waals surface area contributed by atoms with Crippen LogP contribution in [0.5, 0.6) is 0 Å². The second kappa shape index (κ2) is 4.79. The van der Waals surface area contributed by atoms with Crippen LogP contribution in [0.15, 0.2) is 0 Å². The summed E-state index contributed by atoms with van der Waals surface area (Å²) < 4.78 is 23.4. The second-order valence-electron chi connectivity index (χ2n) is 3.54. The Morgan fingerprint density at radius 2 is 1.75 bits per heavy atom. The summed E-state index contributed by atoms with van der Waals surface area (Å²) in [5, 5.41) is 4.80. The molecule has 3 N–H and O–H groups in total. The number of hydrogen-bond acceptors (Lipinski definition) is 2. The molecule has 0 aliphatic rings. The molecule has 0 fully saturated rings. The molecule has 1 atom stereocenters. The summed E-state index contributed by atoms with van der Waals surface area (Å²) in [6, 6.07) is -0.0672. The Bertz CT molecular complexity index is 211. The SMILES string of the molecule is CC(C)CCC(C)NS(N)(=O)=O. The van der Waals surface area contributed by atoms with Gasteiger partial charge in [0.05, 0.1) is 0 Å². The van der Waals surface area contributed by atoms with Crippen LogP contribution in [-0.2, 0) is 10.2 Å². The summed E-state index contributed by atoms with van der Waals surface area (Å²) in [7, 11) is -3.52. The third-order valence-electron chi connectivity index (χ3n) is 1.54. The molecule has 4 nitrogen and oxygen atoms in total. The van der Waals surface area contributed by atoms with Crippen LogP contribution in [0, 0.1) is 5.92 Å². The van der Waals surface area contributed by atoms with Crippen molar-refractivity contribution in [3.8, 4) is 0 Å². The van der Waals surface area contributed by atoms with E-state index < -0.39 is 10.2 Å². The molecule has 0 amide bonds. The maximum atomic E-state index is 10.6. The third kappa shape index (κ3) is 7.97. The lowest BCUT2D eigenvalue weighted by Gasteiger charge is -2.12. The van der Waals surface area contributed by atoms with Gasteiger partial charge in [-0.2, -0.15) is 13.1 Å². The van der Waals surface area contributed by atoms with E-state index in [2.05, 4.69) is 18.6 Å². The Morgan fingerprint density at radius 1 is 1.25 bits per heavy atom. The molecule has 0 rings (SSSR count). The normalized spacial score (nSPS) is 15.1. The highest BCUT2D eigenvalue weighted by molar-refractivity contribution is 7.87. The van der Waals surface area contributed by atoms with E-state index in [0.29, 0.717) is 5.92 Å². The van der Waals surface area contributed by atoms with Crippen LogP contribution < -0.4 is 9.86 Å². The Balaban J connectivity index is 3.68. The fraction of sp³-hybridized carbons (Fsp3) is 1.00. The van der Waals surface area contributed by atoms with Crippen molar-refractivity contribution >= 4 is 10.2 Å². The predicted molar refractivity (Wildman–Crippen MR) is 49.8 cm³/mol. The molecule has 0 saturated carbocycles. The van der Waals surface area contributed by atoms with Gasteiger partial charge in [-0.3, -0.25) is 0 Å². The Kier molecular flexibility index (Phi) is 4.74. The van der Waals surface area contributed by atoms with Crippen LogP contribution in [0.4, 0.5) is 0 Å². The summed E-state index contributed by atoms with van der Waals surface area (Å²) in [4.78, 5) is 0. The maximum absolute atomic E-state index is 10.6. The van der Waals surface area contributed by atoms with Gasteiger partial charge >= 0.3 is 0 Å². The third-order valence-corrected chi connectivity index (χ3v) is 2.27. The van der Waals surface area contributed by atoms with Crippen molar-refractivity contribution in [2.24, 2.45) is 11.1 Å². The Labute approximate surface area is 74.7 Å². The molecule has 0 spiro atoms. The minimum atomic E-state index is -3.52. The van der Waals surface area contributed by atoms with E-state index in [0.717, 1.165) is 12.8 Å². The van der Waals surface area contributed by atoms with Crippen molar-refractivity contribution in [2.75, 3.05) is 0 Å². The molecule has 0 aromatic heterocycles. The standard InChI is InChI=1S/C7H18N2O2S/c1-6(2)4-5-7(3)9-12(8,10)11/h6-7,9H,4-5H2,1-3H3,(H2,8,10,11). The fourth-order valence-corrected chi connectivity index (χ4v) is 1.60. The van der Waals surface area contributed by atoms with Gasteiger partial charge in [0.15, 0.2) is 0 Å². The molecule has 0 radical (unpaired) electrons. The molecule has 0 heterocycles. The zero-order valence-corrected chi connectivity index (χ0v) is 8.69. The van der Waals surface area contributed by atoms with Crippen LogP contribution in [-0.4, -0.2) is 14.5 Å². The largest absolute Gasteiger partial charge is 0.274 e. The summed E-state index contributed by atoms with van der Waals surface area (Å²) >= 11 is 0. The molecule has 0 aliphatic heterocycles.